The molecule has 3 N–H and O–H groups in total. The standard InChI is InChI=1S/C9H9Br2NO5S/c10-5-1-2-6(11)8(3-5)18(16,17)12-7(4-13)9(14)15/h1-3,7,12-13H,4H2,(H,14,15)/t7-/m1/s1. The SMILES string of the molecule is O=C(O)[C@@H](CO)NS(=O)(=O)c1cc(Br)ccc1Br. The van der Waals surface area contributed by atoms with E-state index in [1.165, 1.54) is 12.1 Å². The summed E-state index contributed by atoms with van der Waals surface area (Å²) < 4.78 is 26.6. The molecule has 0 aromatic heterocycles. The van der Waals surface area contributed by atoms with Crippen LogP contribution < -0.4 is 4.72 Å². The molecule has 100 valence electrons. The molecule has 0 aliphatic carbocycles. The molecule has 1 atom stereocenters. The third-order valence-corrected chi connectivity index (χ3v) is 4.92. The van der Waals surface area contributed by atoms with E-state index < -0.39 is 28.6 Å². The Bertz CT molecular complexity index is 560. The summed E-state index contributed by atoms with van der Waals surface area (Å²) in [7, 11) is -4.04. The highest BCUT2D eigenvalue weighted by molar-refractivity contribution is 9.11. The number of aliphatic carboxylic acids is 1. The molecule has 1 aromatic rings. The van der Waals surface area contributed by atoms with Crippen LogP contribution in [0.25, 0.3) is 0 Å². The Morgan fingerprint density at radius 2 is 2.00 bits per heavy atom. The molecule has 1 rings (SSSR count). The van der Waals surface area contributed by atoms with Gasteiger partial charge in [0.15, 0.2) is 0 Å². The Morgan fingerprint density at radius 3 is 2.50 bits per heavy atom. The normalized spacial score (nSPS) is 13.3. The summed E-state index contributed by atoms with van der Waals surface area (Å²) in [6, 6.07) is 2.88. The Hall–Kier alpha value is -0.480. The molecule has 0 saturated heterocycles. The topological polar surface area (TPSA) is 104 Å². The van der Waals surface area contributed by atoms with Crippen molar-refractivity contribution in [3.05, 3.63) is 27.1 Å². The number of rotatable bonds is 5. The minimum atomic E-state index is -4.04. The second kappa shape index (κ2) is 6.11. The van der Waals surface area contributed by atoms with E-state index in [0.29, 0.717) is 8.95 Å². The van der Waals surface area contributed by atoms with E-state index in [4.69, 9.17) is 10.2 Å². The molecule has 0 radical (unpaired) electrons. The molecule has 0 spiro atoms. The number of aliphatic hydroxyl groups is 1. The lowest BCUT2D eigenvalue weighted by Gasteiger charge is -2.13. The third kappa shape index (κ3) is 3.75. The summed E-state index contributed by atoms with van der Waals surface area (Å²) in [4.78, 5) is 10.6. The van der Waals surface area contributed by atoms with Gasteiger partial charge in [-0.15, -0.1) is 0 Å². The van der Waals surface area contributed by atoms with E-state index in [9.17, 15) is 13.2 Å². The molecule has 0 aliphatic heterocycles. The second-order valence-electron chi connectivity index (χ2n) is 3.27. The van der Waals surface area contributed by atoms with Crippen LogP contribution in [0.1, 0.15) is 0 Å². The predicted octanol–water partition coefficient (Wildman–Crippen LogP) is 0.935. The number of carboxylic acid groups (broad SMARTS) is 1. The van der Waals surface area contributed by atoms with Gasteiger partial charge in [0.2, 0.25) is 10.0 Å². The quantitative estimate of drug-likeness (QED) is 0.679. The Balaban J connectivity index is 3.14. The van der Waals surface area contributed by atoms with Gasteiger partial charge < -0.3 is 10.2 Å². The highest BCUT2D eigenvalue weighted by Crippen LogP contribution is 2.25. The number of halogens is 2. The predicted molar refractivity (Wildman–Crippen MR) is 70.7 cm³/mol. The van der Waals surface area contributed by atoms with Gasteiger partial charge in [-0.25, -0.2) is 8.42 Å². The van der Waals surface area contributed by atoms with Gasteiger partial charge in [-0.05, 0) is 34.1 Å². The molecular formula is C9H9Br2NO5S. The van der Waals surface area contributed by atoms with Crippen molar-refractivity contribution in [2.24, 2.45) is 0 Å². The first kappa shape index (κ1) is 15.6. The molecule has 0 saturated carbocycles. The van der Waals surface area contributed by atoms with E-state index in [-0.39, 0.29) is 4.90 Å². The number of sulfonamides is 1. The lowest BCUT2D eigenvalue weighted by Crippen LogP contribution is -2.43. The van der Waals surface area contributed by atoms with Crippen molar-refractivity contribution >= 4 is 47.9 Å². The van der Waals surface area contributed by atoms with Crippen LogP contribution in [0.2, 0.25) is 0 Å². The van der Waals surface area contributed by atoms with Crippen LogP contribution in [0, 0.1) is 0 Å². The van der Waals surface area contributed by atoms with E-state index in [0.717, 1.165) is 0 Å². The number of nitrogens with one attached hydrogen (secondary N) is 1. The summed E-state index contributed by atoms with van der Waals surface area (Å²) in [5.41, 5.74) is 0. The van der Waals surface area contributed by atoms with Gasteiger partial charge in [0, 0.05) is 8.95 Å². The summed E-state index contributed by atoms with van der Waals surface area (Å²) in [5.74, 6) is -1.45. The zero-order chi connectivity index (χ0) is 13.9. The molecule has 18 heavy (non-hydrogen) atoms. The fraction of sp³-hybridized carbons (Fsp3) is 0.222. The minimum Gasteiger partial charge on any atom is -0.480 e. The average Bonchev–Trinajstić information content (AvgIpc) is 2.28. The smallest absolute Gasteiger partial charge is 0.324 e. The molecule has 0 aliphatic rings. The van der Waals surface area contributed by atoms with E-state index >= 15 is 0 Å². The van der Waals surface area contributed by atoms with Gasteiger partial charge in [0.1, 0.15) is 6.04 Å². The monoisotopic (exact) mass is 401 g/mol. The van der Waals surface area contributed by atoms with E-state index in [1.807, 2.05) is 4.72 Å². The van der Waals surface area contributed by atoms with E-state index in [1.54, 1.807) is 6.07 Å². The Kier molecular flexibility index (Phi) is 5.29. The highest BCUT2D eigenvalue weighted by atomic mass is 79.9. The molecule has 6 nitrogen and oxygen atoms in total. The van der Waals surface area contributed by atoms with Gasteiger partial charge in [0.25, 0.3) is 0 Å². The number of hydrogen-bond acceptors (Lipinski definition) is 4. The van der Waals surface area contributed by atoms with Gasteiger partial charge in [-0.1, -0.05) is 15.9 Å². The third-order valence-electron chi connectivity index (χ3n) is 1.96. The van der Waals surface area contributed by atoms with Gasteiger partial charge in [0.05, 0.1) is 11.5 Å². The van der Waals surface area contributed by atoms with E-state index in [2.05, 4.69) is 31.9 Å². The molecule has 0 unspecified atom stereocenters. The van der Waals surface area contributed by atoms with Crippen molar-refractivity contribution in [2.45, 2.75) is 10.9 Å². The van der Waals surface area contributed by atoms with Crippen LogP contribution in [0.5, 0.6) is 0 Å². The largest absolute Gasteiger partial charge is 0.480 e. The van der Waals surface area contributed by atoms with Crippen LogP contribution >= 0.6 is 31.9 Å². The second-order valence-corrected chi connectivity index (χ2v) is 6.72. The van der Waals surface area contributed by atoms with Crippen LogP contribution in [0.15, 0.2) is 32.0 Å². The lowest BCUT2D eigenvalue weighted by atomic mass is 10.3. The number of carboxylic acids is 1. The Labute approximate surface area is 120 Å². The summed E-state index contributed by atoms with van der Waals surface area (Å²) >= 11 is 6.19. The molecule has 0 fully saturated rings. The molecule has 0 heterocycles. The van der Waals surface area contributed by atoms with Gasteiger partial charge in [-0.2, -0.15) is 4.72 Å². The number of carbonyl (C=O) groups is 1. The first-order valence-electron chi connectivity index (χ1n) is 4.59. The maximum atomic E-state index is 11.9. The first-order valence-corrected chi connectivity index (χ1v) is 7.66. The number of aliphatic hydroxyl groups excluding tert-OH is 1. The van der Waals surface area contributed by atoms with Gasteiger partial charge >= 0.3 is 5.97 Å². The average molecular weight is 403 g/mol. The molecule has 0 amide bonds. The Morgan fingerprint density at radius 1 is 1.39 bits per heavy atom. The molecule has 9 heteroatoms. The van der Waals surface area contributed by atoms with Crippen LogP contribution in [0.3, 0.4) is 0 Å². The van der Waals surface area contributed by atoms with Gasteiger partial charge in [-0.3, -0.25) is 4.79 Å². The lowest BCUT2D eigenvalue weighted by molar-refractivity contribution is -0.139. The zero-order valence-electron chi connectivity index (χ0n) is 8.80. The van der Waals surface area contributed by atoms with Crippen molar-refractivity contribution in [3.8, 4) is 0 Å². The highest BCUT2D eigenvalue weighted by Gasteiger charge is 2.26. The van der Waals surface area contributed by atoms with Crippen LogP contribution in [-0.4, -0.2) is 37.2 Å². The fourth-order valence-corrected chi connectivity index (χ4v) is 3.78. The van der Waals surface area contributed by atoms with Crippen molar-refractivity contribution < 1.29 is 23.4 Å². The summed E-state index contributed by atoms with van der Waals surface area (Å²) in [5, 5.41) is 17.5. The zero-order valence-corrected chi connectivity index (χ0v) is 12.8. The molecule has 1 aromatic carbocycles. The van der Waals surface area contributed by atoms with Crippen molar-refractivity contribution in [1.82, 2.24) is 4.72 Å². The molecule has 0 bridgehead atoms. The van der Waals surface area contributed by atoms with Crippen molar-refractivity contribution in [3.63, 3.8) is 0 Å². The maximum absolute atomic E-state index is 11.9. The van der Waals surface area contributed by atoms with Crippen molar-refractivity contribution in [2.75, 3.05) is 6.61 Å². The van der Waals surface area contributed by atoms with Crippen molar-refractivity contribution in [1.29, 1.82) is 0 Å². The fourth-order valence-electron chi connectivity index (χ4n) is 1.10. The maximum Gasteiger partial charge on any atom is 0.324 e. The minimum absolute atomic E-state index is 0.114. The first-order chi connectivity index (χ1) is 8.27. The van der Waals surface area contributed by atoms with Crippen LogP contribution in [-0.2, 0) is 14.8 Å². The summed E-state index contributed by atoms with van der Waals surface area (Å²) in [6.45, 7) is -0.833. The summed E-state index contributed by atoms with van der Waals surface area (Å²) in [6.07, 6.45) is 0. The number of hydrogen-bond donors (Lipinski definition) is 3. The number of benzene rings is 1. The molecular weight excluding hydrogens is 394 g/mol. The van der Waals surface area contributed by atoms with Crippen LogP contribution in [0.4, 0.5) is 0 Å².